The first-order chi connectivity index (χ1) is 11.2. The third kappa shape index (κ3) is 5.09. The second-order valence-corrected chi connectivity index (χ2v) is 5.47. The number of carbonyl (C=O) groups is 1. The highest BCUT2D eigenvalue weighted by molar-refractivity contribution is 5.76. The van der Waals surface area contributed by atoms with Gasteiger partial charge in [-0.25, -0.2) is 0 Å². The molecule has 0 fully saturated rings. The van der Waals surface area contributed by atoms with Crippen molar-refractivity contribution in [3.8, 4) is 0 Å². The molecule has 0 bridgehead atoms. The van der Waals surface area contributed by atoms with Crippen LogP contribution >= 0.6 is 0 Å². The van der Waals surface area contributed by atoms with Gasteiger partial charge in [-0.3, -0.25) is 9.78 Å². The van der Waals surface area contributed by atoms with Gasteiger partial charge in [-0.1, -0.05) is 38.1 Å². The van der Waals surface area contributed by atoms with Crippen molar-refractivity contribution in [3.05, 3.63) is 59.4 Å². The minimum Gasteiger partial charge on any atom is -0.384 e. The number of para-hydroxylation sites is 1. The third-order valence-electron chi connectivity index (χ3n) is 3.87. The summed E-state index contributed by atoms with van der Waals surface area (Å²) in [6.07, 6.45) is 5.93. The molecular weight excluding hydrogens is 286 g/mol. The van der Waals surface area contributed by atoms with Crippen molar-refractivity contribution in [3.63, 3.8) is 0 Å². The van der Waals surface area contributed by atoms with Crippen molar-refractivity contribution in [2.45, 2.75) is 39.7 Å². The van der Waals surface area contributed by atoms with E-state index in [1.165, 1.54) is 16.8 Å². The number of benzene rings is 1. The standard InChI is InChI=1S/C19H25N3O/c1-3-16-8-5-9-17(4-2)19(16)21-12-10-18(23)22-14-15-7-6-11-20-13-15/h5-9,11,13,21H,3-4,10,12,14H2,1-2H3,(H,22,23). The minimum absolute atomic E-state index is 0.0494. The molecule has 0 aliphatic heterocycles. The molecule has 2 N–H and O–H groups in total. The summed E-state index contributed by atoms with van der Waals surface area (Å²) in [5.41, 5.74) is 4.82. The lowest BCUT2D eigenvalue weighted by Gasteiger charge is -2.15. The lowest BCUT2D eigenvalue weighted by atomic mass is 10.0. The Morgan fingerprint density at radius 2 is 1.83 bits per heavy atom. The van der Waals surface area contributed by atoms with Crippen LogP contribution in [0.1, 0.15) is 37.0 Å². The molecule has 1 aromatic carbocycles. The fraction of sp³-hybridized carbons (Fsp3) is 0.368. The normalized spacial score (nSPS) is 10.3. The van der Waals surface area contributed by atoms with Crippen molar-refractivity contribution >= 4 is 11.6 Å². The zero-order valence-electron chi connectivity index (χ0n) is 13.9. The molecule has 1 aromatic heterocycles. The van der Waals surface area contributed by atoms with Crippen LogP contribution in [0.2, 0.25) is 0 Å². The van der Waals surface area contributed by atoms with Gasteiger partial charge in [0, 0.05) is 37.6 Å². The van der Waals surface area contributed by atoms with Crippen molar-refractivity contribution in [1.82, 2.24) is 10.3 Å². The molecule has 0 unspecified atom stereocenters. The van der Waals surface area contributed by atoms with E-state index in [4.69, 9.17) is 0 Å². The molecule has 0 saturated carbocycles. The number of pyridine rings is 1. The van der Waals surface area contributed by atoms with E-state index >= 15 is 0 Å². The van der Waals surface area contributed by atoms with Crippen LogP contribution in [0, 0.1) is 0 Å². The molecule has 0 saturated heterocycles. The highest BCUT2D eigenvalue weighted by atomic mass is 16.1. The Bertz CT molecular complexity index is 604. The molecule has 0 atom stereocenters. The molecule has 122 valence electrons. The van der Waals surface area contributed by atoms with Gasteiger partial charge in [0.25, 0.3) is 0 Å². The topological polar surface area (TPSA) is 54.0 Å². The second-order valence-electron chi connectivity index (χ2n) is 5.47. The van der Waals surface area contributed by atoms with Gasteiger partial charge in [-0.15, -0.1) is 0 Å². The van der Waals surface area contributed by atoms with Crippen LogP contribution in [0.3, 0.4) is 0 Å². The average molecular weight is 311 g/mol. The monoisotopic (exact) mass is 311 g/mol. The Morgan fingerprint density at radius 1 is 1.09 bits per heavy atom. The van der Waals surface area contributed by atoms with Gasteiger partial charge in [0.15, 0.2) is 0 Å². The zero-order chi connectivity index (χ0) is 16.5. The van der Waals surface area contributed by atoms with Crippen molar-refractivity contribution in [2.24, 2.45) is 0 Å². The van der Waals surface area contributed by atoms with Gasteiger partial charge in [-0.2, -0.15) is 0 Å². The molecule has 2 rings (SSSR count). The average Bonchev–Trinajstić information content (AvgIpc) is 2.60. The van der Waals surface area contributed by atoms with E-state index < -0.39 is 0 Å². The van der Waals surface area contributed by atoms with Crippen LogP contribution in [0.5, 0.6) is 0 Å². The summed E-state index contributed by atoms with van der Waals surface area (Å²) in [4.78, 5) is 16.0. The Morgan fingerprint density at radius 3 is 2.43 bits per heavy atom. The summed E-state index contributed by atoms with van der Waals surface area (Å²) >= 11 is 0. The van der Waals surface area contributed by atoms with E-state index in [1.807, 2.05) is 12.1 Å². The lowest BCUT2D eigenvalue weighted by Crippen LogP contribution is -2.25. The van der Waals surface area contributed by atoms with Crippen LogP contribution in [-0.4, -0.2) is 17.4 Å². The summed E-state index contributed by atoms with van der Waals surface area (Å²) in [6, 6.07) is 10.2. The fourth-order valence-corrected chi connectivity index (χ4v) is 2.56. The molecule has 0 aliphatic rings. The summed E-state index contributed by atoms with van der Waals surface area (Å²) in [7, 11) is 0. The Balaban J connectivity index is 1.82. The zero-order valence-corrected chi connectivity index (χ0v) is 13.9. The fourth-order valence-electron chi connectivity index (χ4n) is 2.56. The van der Waals surface area contributed by atoms with Crippen LogP contribution < -0.4 is 10.6 Å². The van der Waals surface area contributed by atoms with E-state index in [1.54, 1.807) is 12.4 Å². The highest BCUT2D eigenvalue weighted by Crippen LogP contribution is 2.22. The first-order valence-corrected chi connectivity index (χ1v) is 8.24. The molecule has 23 heavy (non-hydrogen) atoms. The highest BCUT2D eigenvalue weighted by Gasteiger charge is 2.07. The number of rotatable bonds is 8. The number of aromatic nitrogens is 1. The molecule has 0 aliphatic carbocycles. The third-order valence-corrected chi connectivity index (χ3v) is 3.87. The minimum atomic E-state index is 0.0494. The Hall–Kier alpha value is -2.36. The number of nitrogens with one attached hydrogen (secondary N) is 2. The van der Waals surface area contributed by atoms with Gasteiger partial charge in [-0.05, 0) is 35.6 Å². The number of anilines is 1. The first-order valence-electron chi connectivity index (χ1n) is 8.24. The molecule has 4 nitrogen and oxygen atoms in total. The van der Waals surface area contributed by atoms with Crippen LogP contribution in [0.25, 0.3) is 0 Å². The smallest absolute Gasteiger partial charge is 0.222 e. The maximum absolute atomic E-state index is 11.9. The van der Waals surface area contributed by atoms with Gasteiger partial charge in [0.1, 0.15) is 0 Å². The van der Waals surface area contributed by atoms with Gasteiger partial charge >= 0.3 is 0 Å². The summed E-state index contributed by atoms with van der Waals surface area (Å²) in [5, 5.41) is 6.36. The van der Waals surface area contributed by atoms with Crippen LogP contribution in [0.15, 0.2) is 42.7 Å². The van der Waals surface area contributed by atoms with E-state index in [2.05, 4.69) is 47.7 Å². The molecule has 4 heteroatoms. The predicted molar refractivity (Wildman–Crippen MR) is 94.4 cm³/mol. The summed E-state index contributed by atoms with van der Waals surface area (Å²) in [5.74, 6) is 0.0494. The van der Waals surface area contributed by atoms with Gasteiger partial charge in [0.2, 0.25) is 5.91 Å². The number of hydrogen-bond acceptors (Lipinski definition) is 3. The number of amides is 1. The molecule has 1 amide bonds. The number of aryl methyl sites for hydroxylation is 2. The van der Waals surface area contributed by atoms with E-state index in [0.717, 1.165) is 18.4 Å². The number of nitrogens with zero attached hydrogens (tertiary/aromatic N) is 1. The van der Waals surface area contributed by atoms with Crippen LogP contribution in [-0.2, 0) is 24.2 Å². The Kier molecular flexibility index (Phi) is 6.60. The van der Waals surface area contributed by atoms with E-state index in [-0.39, 0.29) is 5.91 Å². The van der Waals surface area contributed by atoms with Crippen molar-refractivity contribution < 1.29 is 4.79 Å². The van der Waals surface area contributed by atoms with Gasteiger partial charge < -0.3 is 10.6 Å². The van der Waals surface area contributed by atoms with Crippen molar-refractivity contribution in [1.29, 1.82) is 0 Å². The number of hydrogen-bond donors (Lipinski definition) is 2. The quantitative estimate of drug-likeness (QED) is 0.786. The van der Waals surface area contributed by atoms with E-state index in [9.17, 15) is 4.79 Å². The summed E-state index contributed by atoms with van der Waals surface area (Å²) < 4.78 is 0. The second kappa shape index (κ2) is 8.93. The largest absolute Gasteiger partial charge is 0.384 e. The predicted octanol–water partition coefficient (Wildman–Crippen LogP) is 3.32. The lowest BCUT2D eigenvalue weighted by molar-refractivity contribution is -0.121. The molecule has 1 heterocycles. The van der Waals surface area contributed by atoms with E-state index in [0.29, 0.717) is 19.5 Å². The van der Waals surface area contributed by atoms with Crippen molar-refractivity contribution in [2.75, 3.05) is 11.9 Å². The van der Waals surface area contributed by atoms with Gasteiger partial charge in [0.05, 0.1) is 0 Å². The maximum atomic E-state index is 11.9. The molecule has 0 spiro atoms. The number of carbonyl (C=O) groups excluding carboxylic acids is 1. The molecule has 2 aromatic rings. The summed E-state index contributed by atoms with van der Waals surface area (Å²) in [6.45, 7) is 5.47. The molecular formula is C19H25N3O. The first kappa shape index (κ1) is 17.0. The SMILES string of the molecule is CCc1cccc(CC)c1NCCC(=O)NCc1cccnc1. The Labute approximate surface area is 138 Å². The molecule has 0 radical (unpaired) electrons. The maximum Gasteiger partial charge on any atom is 0.222 e. The van der Waals surface area contributed by atoms with Crippen LogP contribution in [0.4, 0.5) is 5.69 Å².